The van der Waals surface area contributed by atoms with Crippen molar-refractivity contribution >= 4 is 15.9 Å². The van der Waals surface area contributed by atoms with Crippen LogP contribution in [0, 0.1) is 4.91 Å². The lowest BCUT2D eigenvalue weighted by atomic mass is 10.2. The fourth-order valence-electron chi connectivity index (χ4n) is 0.897. The minimum Gasteiger partial charge on any atom is -0.337 e. The monoisotopic (exact) mass is 282 g/mol. The van der Waals surface area contributed by atoms with Crippen molar-refractivity contribution < 1.29 is 18.9 Å². The Hall–Kier alpha value is -1.15. The van der Waals surface area contributed by atoms with Crippen molar-refractivity contribution in [2.75, 3.05) is 0 Å². The molecule has 8 heteroatoms. The third-order valence-electron chi connectivity index (χ3n) is 1.59. The highest BCUT2D eigenvalue weighted by Crippen LogP contribution is 2.28. The molecular formula is C7H5BrF2N2O3. The van der Waals surface area contributed by atoms with Gasteiger partial charge in [0, 0.05) is 0 Å². The summed E-state index contributed by atoms with van der Waals surface area (Å²) >= 11 is 2.87. The topological polar surface area (TPSA) is 71.8 Å². The zero-order chi connectivity index (χ0) is 11.4. The number of aromatic nitrogens is 1. The number of alkyl halides is 2. The molecule has 0 bridgehead atoms. The van der Waals surface area contributed by atoms with Gasteiger partial charge in [-0.25, -0.2) is 19.0 Å². The summed E-state index contributed by atoms with van der Waals surface area (Å²) in [7, 11) is 0. The Labute approximate surface area is 91.1 Å². The summed E-state index contributed by atoms with van der Waals surface area (Å²) in [4.78, 5) is 17.6. The maximum absolute atomic E-state index is 12.3. The van der Waals surface area contributed by atoms with Gasteiger partial charge in [-0.05, 0) is 28.1 Å². The van der Waals surface area contributed by atoms with E-state index in [0.717, 1.165) is 6.07 Å². The standard InChI is InChI=1S/C7H5BrF2N2O3/c8-6-4(15-14)2-1-3(11-6)5(12-13)7(9)10/h1-2,5,7,14H. The van der Waals surface area contributed by atoms with Crippen LogP contribution in [0.15, 0.2) is 21.9 Å². The predicted molar refractivity (Wildman–Crippen MR) is 49.7 cm³/mol. The third-order valence-corrected chi connectivity index (χ3v) is 2.16. The van der Waals surface area contributed by atoms with Gasteiger partial charge in [0.25, 0.3) is 6.43 Å². The quantitative estimate of drug-likeness (QED) is 0.399. The SMILES string of the molecule is O=NC(c1ccc(OO)c(Br)n1)C(F)F. The predicted octanol–water partition coefficient (Wildman–Crippen LogP) is 2.77. The summed E-state index contributed by atoms with van der Waals surface area (Å²) in [5.74, 6) is -0.0438. The van der Waals surface area contributed by atoms with Gasteiger partial charge in [-0.15, -0.1) is 4.91 Å². The van der Waals surface area contributed by atoms with Crippen molar-refractivity contribution in [2.24, 2.45) is 5.18 Å². The zero-order valence-corrected chi connectivity index (χ0v) is 8.69. The van der Waals surface area contributed by atoms with Gasteiger partial charge in [0.2, 0.25) is 0 Å². The number of halogens is 3. The second-order valence-electron chi connectivity index (χ2n) is 2.50. The van der Waals surface area contributed by atoms with Gasteiger partial charge < -0.3 is 4.89 Å². The molecular weight excluding hydrogens is 278 g/mol. The fraction of sp³-hybridized carbons (Fsp3) is 0.286. The van der Waals surface area contributed by atoms with Crippen LogP contribution in [-0.4, -0.2) is 16.7 Å². The van der Waals surface area contributed by atoms with Crippen LogP contribution in [0.3, 0.4) is 0 Å². The molecule has 0 saturated carbocycles. The third kappa shape index (κ3) is 2.66. The molecule has 1 unspecified atom stereocenters. The maximum atomic E-state index is 12.3. The summed E-state index contributed by atoms with van der Waals surface area (Å²) in [6, 6.07) is 0.482. The van der Waals surface area contributed by atoms with E-state index in [9.17, 15) is 13.7 Å². The lowest BCUT2D eigenvalue weighted by molar-refractivity contribution is -0.138. The molecule has 1 aromatic rings. The molecule has 0 fully saturated rings. The van der Waals surface area contributed by atoms with Gasteiger partial charge in [-0.3, -0.25) is 0 Å². The number of nitroso groups, excluding NO2 is 1. The molecule has 1 heterocycles. The molecule has 1 atom stereocenters. The van der Waals surface area contributed by atoms with E-state index in [4.69, 9.17) is 5.26 Å². The van der Waals surface area contributed by atoms with Crippen LogP contribution < -0.4 is 4.89 Å². The van der Waals surface area contributed by atoms with E-state index < -0.39 is 12.5 Å². The summed E-state index contributed by atoms with van der Waals surface area (Å²) in [5.41, 5.74) is -0.201. The van der Waals surface area contributed by atoms with E-state index in [0.29, 0.717) is 0 Å². The van der Waals surface area contributed by atoms with E-state index in [1.165, 1.54) is 6.07 Å². The van der Waals surface area contributed by atoms with Crippen LogP contribution in [0.2, 0.25) is 0 Å². The highest BCUT2D eigenvalue weighted by molar-refractivity contribution is 9.10. The fourth-order valence-corrected chi connectivity index (χ4v) is 1.31. The summed E-state index contributed by atoms with van der Waals surface area (Å²) in [6.45, 7) is 0. The highest BCUT2D eigenvalue weighted by Gasteiger charge is 2.25. The largest absolute Gasteiger partial charge is 0.337 e. The lowest BCUT2D eigenvalue weighted by Crippen LogP contribution is -2.08. The second kappa shape index (κ2) is 5.08. The molecule has 1 aromatic heterocycles. The maximum Gasteiger partial charge on any atom is 0.269 e. The van der Waals surface area contributed by atoms with Gasteiger partial charge in [-0.1, -0.05) is 5.18 Å². The van der Waals surface area contributed by atoms with Gasteiger partial charge in [0.1, 0.15) is 0 Å². The van der Waals surface area contributed by atoms with Crippen molar-refractivity contribution in [3.05, 3.63) is 27.3 Å². The first-order valence-corrected chi connectivity index (χ1v) is 4.48. The Morgan fingerprint density at radius 3 is 2.60 bits per heavy atom. The molecule has 1 N–H and O–H groups in total. The van der Waals surface area contributed by atoms with E-state index in [2.05, 4.69) is 31.0 Å². The minimum atomic E-state index is -2.93. The van der Waals surface area contributed by atoms with Crippen molar-refractivity contribution in [1.82, 2.24) is 4.98 Å². The Balaban J connectivity index is 3.05. The van der Waals surface area contributed by atoms with Gasteiger partial charge in [0.05, 0.1) is 5.69 Å². The molecule has 0 aliphatic heterocycles. The summed E-state index contributed by atoms with van der Waals surface area (Å²) < 4.78 is 24.6. The smallest absolute Gasteiger partial charge is 0.269 e. The van der Waals surface area contributed by atoms with Crippen LogP contribution >= 0.6 is 15.9 Å². The molecule has 82 valence electrons. The molecule has 0 aliphatic carbocycles. The van der Waals surface area contributed by atoms with Crippen molar-refractivity contribution in [2.45, 2.75) is 12.5 Å². The molecule has 0 spiro atoms. The molecule has 5 nitrogen and oxygen atoms in total. The van der Waals surface area contributed by atoms with Crippen molar-refractivity contribution in [3.8, 4) is 5.75 Å². The van der Waals surface area contributed by atoms with Gasteiger partial charge in [0.15, 0.2) is 16.4 Å². The molecule has 1 rings (SSSR count). The molecule has 0 radical (unpaired) electrons. The molecule has 0 aliphatic rings. The number of nitrogens with zero attached hydrogens (tertiary/aromatic N) is 2. The lowest BCUT2D eigenvalue weighted by Gasteiger charge is -2.08. The van der Waals surface area contributed by atoms with Crippen LogP contribution in [0.25, 0.3) is 0 Å². The highest BCUT2D eigenvalue weighted by atomic mass is 79.9. The zero-order valence-electron chi connectivity index (χ0n) is 7.10. The Kier molecular flexibility index (Phi) is 4.04. The number of pyridine rings is 1. The van der Waals surface area contributed by atoms with Crippen LogP contribution in [0.4, 0.5) is 8.78 Å². The second-order valence-corrected chi connectivity index (χ2v) is 3.25. The molecule has 0 saturated heterocycles. The number of rotatable bonds is 4. The van der Waals surface area contributed by atoms with Gasteiger partial charge in [-0.2, -0.15) is 0 Å². The average molecular weight is 283 g/mol. The number of hydrogen-bond acceptors (Lipinski definition) is 5. The van der Waals surface area contributed by atoms with Crippen molar-refractivity contribution in [1.29, 1.82) is 0 Å². The summed E-state index contributed by atoms with van der Waals surface area (Å²) in [5, 5.41) is 10.6. The van der Waals surface area contributed by atoms with E-state index in [1.54, 1.807) is 0 Å². The van der Waals surface area contributed by atoms with E-state index in [1.807, 2.05) is 0 Å². The normalized spacial score (nSPS) is 12.6. The van der Waals surface area contributed by atoms with Crippen LogP contribution in [0.5, 0.6) is 5.75 Å². The Morgan fingerprint density at radius 2 is 2.20 bits per heavy atom. The first-order valence-electron chi connectivity index (χ1n) is 3.68. The van der Waals surface area contributed by atoms with Crippen molar-refractivity contribution in [3.63, 3.8) is 0 Å². The Bertz CT molecular complexity index is 364. The first-order chi connectivity index (χ1) is 7.10. The van der Waals surface area contributed by atoms with Crippen LogP contribution in [0.1, 0.15) is 11.7 Å². The van der Waals surface area contributed by atoms with E-state index >= 15 is 0 Å². The number of hydrogen-bond donors (Lipinski definition) is 1. The minimum absolute atomic E-state index is 0.0109. The molecule has 0 aromatic carbocycles. The summed E-state index contributed by atoms with van der Waals surface area (Å²) in [6.07, 6.45) is -2.93. The molecule has 0 amide bonds. The average Bonchev–Trinajstić information content (AvgIpc) is 2.18. The molecule has 15 heavy (non-hydrogen) atoms. The Morgan fingerprint density at radius 1 is 1.53 bits per heavy atom. The first kappa shape index (κ1) is 11.9. The van der Waals surface area contributed by atoms with E-state index in [-0.39, 0.29) is 16.0 Å². The van der Waals surface area contributed by atoms with Gasteiger partial charge >= 0.3 is 0 Å². The van der Waals surface area contributed by atoms with Crippen LogP contribution in [-0.2, 0) is 0 Å².